The van der Waals surface area contributed by atoms with Gasteiger partial charge in [0.25, 0.3) is 0 Å². The van der Waals surface area contributed by atoms with Crippen molar-refractivity contribution in [3.05, 3.63) is 0 Å². The Morgan fingerprint density at radius 3 is 1.43 bits per heavy atom. The van der Waals surface area contributed by atoms with Crippen LogP contribution in [0.5, 0.6) is 0 Å². The minimum Gasteiger partial charge on any atom is -0.481 e. The summed E-state index contributed by atoms with van der Waals surface area (Å²) in [5, 5.41) is 7.89. The van der Waals surface area contributed by atoms with Gasteiger partial charge in [0.15, 0.2) is 0 Å². The lowest BCUT2D eigenvalue weighted by Gasteiger charge is -2.40. The lowest BCUT2D eigenvalue weighted by molar-refractivity contribution is -0.134. The predicted octanol–water partition coefficient (Wildman–Crippen LogP) is 3.03. The fourth-order valence-electron chi connectivity index (χ4n) is 1.67. The summed E-state index contributed by atoms with van der Waals surface area (Å²) in [7, 11) is -2.74. The maximum Gasteiger partial charge on any atom is 0.310 e. The Hall–Kier alpha value is -0.300. The lowest BCUT2D eigenvalue weighted by Crippen LogP contribution is -2.32. The van der Waals surface area contributed by atoms with Crippen LogP contribution in [0.3, 0.4) is 0 Å². The molecule has 0 fully saturated rings. The van der Waals surface area contributed by atoms with Gasteiger partial charge in [0.1, 0.15) is 7.14 Å². The molecule has 14 heavy (non-hydrogen) atoms. The first-order valence-corrected chi connectivity index (χ1v) is 6.62. The molecule has 3 nitrogen and oxygen atoms in total. The Morgan fingerprint density at radius 2 is 1.36 bits per heavy atom. The molecule has 0 aromatic carbocycles. The number of hydrogen-bond donors (Lipinski definition) is 1. The molecule has 4 heteroatoms. The number of rotatable bonds is 2. The zero-order valence-corrected chi connectivity index (χ0v) is 10.8. The van der Waals surface area contributed by atoms with E-state index in [9.17, 15) is 9.36 Å². The largest absolute Gasteiger partial charge is 0.481 e. The smallest absolute Gasteiger partial charge is 0.310 e. The number of carboxylic acids is 1. The van der Waals surface area contributed by atoms with Crippen molar-refractivity contribution in [1.29, 1.82) is 0 Å². The van der Waals surface area contributed by atoms with Crippen LogP contribution in [0.15, 0.2) is 0 Å². The van der Waals surface area contributed by atoms with Gasteiger partial charge in [0.05, 0.1) is 6.16 Å². The summed E-state index contributed by atoms with van der Waals surface area (Å²) >= 11 is 0. The second kappa shape index (κ2) is 3.69. The third kappa shape index (κ3) is 2.60. The summed E-state index contributed by atoms with van der Waals surface area (Å²) in [5.74, 6) is -0.974. The summed E-state index contributed by atoms with van der Waals surface area (Å²) in [6, 6.07) is 0. The van der Waals surface area contributed by atoms with Crippen molar-refractivity contribution >= 4 is 13.1 Å². The van der Waals surface area contributed by atoms with Crippen LogP contribution in [-0.2, 0) is 9.36 Å². The molecule has 0 aliphatic carbocycles. The van der Waals surface area contributed by atoms with Crippen molar-refractivity contribution in [2.45, 2.75) is 51.9 Å². The zero-order valence-electron chi connectivity index (χ0n) is 9.92. The van der Waals surface area contributed by atoms with E-state index < -0.39 is 23.4 Å². The van der Waals surface area contributed by atoms with Crippen molar-refractivity contribution in [2.75, 3.05) is 6.16 Å². The molecule has 0 radical (unpaired) electrons. The van der Waals surface area contributed by atoms with Crippen molar-refractivity contribution in [2.24, 2.45) is 0 Å². The molecule has 0 bridgehead atoms. The Balaban J connectivity index is 5.30. The predicted molar refractivity (Wildman–Crippen MR) is 59.6 cm³/mol. The van der Waals surface area contributed by atoms with E-state index in [4.69, 9.17) is 5.11 Å². The number of carbonyl (C=O) groups is 1. The van der Waals surface area contributed by atoms with Gasteiger partial charge in [0, 0.05) is 10.3 Å². The van der Waals surface area contributed by atoms with Crippen molar-refractivity contribution < 1.29 is 14.5 Å². The van der Waals surface area contributed by atoms with E-state index in [-0.39, 0.29) is 6.16 Å². The van der Waals surface area contributed by atoms with Gasteiger partial charge in [-0.3, -0.25) is 4.79 Å². The highest BCUT2D eigenvalue weighted by molar-refractivity contribution is 7.67. The van der Waals surface area contributed by atoms with Gasteiger partial charge in [-0.05, 0) is 0 Å². The molecule has 0 unspecified atom stereocenters. The molecular weight excluding hydrogens is 199 g/mol. The molecule has 0 aliphatic rings. The van der Waals surface area contributed by atoms with Crippen LogP contribution in [0.4, 0.5) is 0 Å². The van der Waals surface area contributed by atoms with Crippen LogP contribution in [0.2, 0.25) is 0 Å². The Labute approximate surface area is 86.3 Å². The van der Waals surface area contributed by atoms with E-state index in [1.165, 1.54) is 0 Å². The van der Waals surface area contributed by atoms with Crippen LogP contribution in [0.1, 0.15) is 41.5 Å². The molecule has 0 aromatic rings. The maximum atomic E-state index is 12.7. The molecule has 0 aliphatic heterocycles. The van der Waals surface area contributed by atoms with Crippen molar-refractivity contribution in [1.82, 2.24) is 0 Å². The van der Waals surface area contributed by atoms with E-state index in [0.29, 0.717) is 0 Å². The van der Waals surface area contributed by atoms with Gasteiger partial charge >= 0.3 is 5.97 Å². The summed E-state index contributed by atoms with van der Waals surface area (Å²) in [5.41, 5.74) is 0. The molecular formula is C10H21O3P. The van der Waals surface area contributed by atoms with Crippen LogP contribution >= 0.6 is 7.14 Å². The summed E-state index contributed by atoms with van der Waals surface area (Å²) in [4.78, 5) is 10.7. The van der Waals surface area contributed by atoms with Crippen LogP contribution in [0.25, 0.3) is 0 Å². The highest BCUT2D eigenvalue weighted by Crippen LogP contribution is 2.66. The van der Waals surface area contributed by atoms with Crippen LogP contribution in [0, 0.1) is 0 Å². The third-order valence-corrected chi connectivity index (χ3v) is 7.58. The minimum absolute atomic E-state index is 0.222. The van der Waals surface area contributed by atoms with Crippen molar-refractivity contribution in [3.8, 4) is 0 Å². The topological polar surface area (TPSA) is 54.4 Å². The van der Waals surface area contributed by atoms with Crippen LogP contribution in [-0.4, -0.2) is 27.5 Å². The first kappa shape index (κ1) is 13.7. The highest BCUT2D eigenvalue weighted by atomic mass is 31.2. The molecule has 0 aromatic heterocycles. The fraction of sp³-hybridized carbons (Fsp3) is 0.900. The van der Waals surface area contributed by atoms with Crippen molar-refractivity contribution in [3.63, 3.8) is 0 Å². The van der Waals surface area contributed by atoms with E-state index in [1.54, 1.807) is 0 Å². The van der Waals surface area contributed by atoms with Gasteiger partial charge in [-0.15, -0.1) is 0 Å². The fourth-order valence-corrected chi connectivity index (χ4v) is 5.01. The van der Waals surface area contributed by atoms with Gasteiger partial charge < -0.3 is 9.67 Å². The molecule has 0 saturated heterocycles. The SMILES string of the molecule is CC(C)(C)P(=O)(CC(=O)O)C(C)(C)C. The Morgan fingerprint density at radius 1 is 1.07 bits per heavy atom. The molecule has 84 valence electrons. The maximum absolute atomic E-state index is 12.7. The van der Waals surface area contributed by atoms with Crippen LogP contribution < -0.4 is 0 Å². The van der Waals surface area contributed by atoms with E-state index >= 15 is 0 Å². The van der Waals surface area contributed by atoms with E-state index in [0.717, 1.165) is 0 Å². The first-order chi connectivity index (χ1) is 5.92. The molecule has 1 N–H and O–H groups in total. The second-order valence-corrected chi connectivity index (χ2v) is 10.1. The van der Waals surface area contributed by atoms with E-state index in [1.807, 2.05) is 41.5 Å². The van der Waals surface area contributed by atoms with Gasteiger partial charge in [-0.25, -0.2) is 0 Å². The normalized spacial score (nSPS) is 14.1. The second-order valence-electron chi connectivity index (χ2n) is 5.63. The van der Waals surface area contributed by atoms with Gasteiger partial charge in [0.2, 0.25) is 0 Å². The number of aliphatic carboxylic acids is 1. The number of carboxylic acid groups (broad SMARTS) is 1. The molecule has 0 rings (SSSR count). The average Bonchev–Trinajstić information content (AvgIpc) is 1.79. The number of hydrogen-bond acceptors (Lipinski definition) is 2. The standard InChI is InChI=1S/C10H21O3P/c1-9(2,3)14(13,7-8(11)12)10(4,5)6/h7H2,1-6H3,(H,11,12). The minimum atomic E-state index is -2.74. The van der Waals surface area contributed by atoms with E-state index in [2.05, 4.69) is 0 Å². The summed E-state index contributed by atoms with van der Waals surface area (Å²) < 4.78 is 12.7. The van der Waals surface area contributed by atoms with Gasteiger partial charge in [-0.2, -0.15) is 0 Å². The summed E-state index contributed by atoms with van der Waals surface area (Å²) in [6.45, 7) is 11.1. The molecule has 0 atom stereocenters. The molecule has 0 saturated carbocycles. The van der Waals surface area contributed by atoms with Gasteiger partial charge in [-0.1, -0.05) is 41.5 Å². The zero-order chi connectivity index (χ0) is 11.8. The monoisotopic (exact) mass is 220 g/mol. The third-order valence-electron chi connectivity index (χ3n) is 2.53. The molecule has 0 amide bonds. The lowest BCUT2D eigenvalue weighted by atomic mass is 10.2. The molecule has 0 spiro atoms. The quantitative estimate of drug-likeness (QED) is 0.728. The summed E-state index contributed by atoms with van der Waals surface area (Å²) in [6.07, 6.45) is -0.222. The first-order valence-electron chi connectivity index (χ1n) is 4.73. The molecule has 0 heterocycles. The highest BCUT2D eigenvalue weighted by Gasteiger charge is 2.47. The Bertz CT molecular complexity index is 250. The average molecular weight is 220 g/mol. The Kier molecular flexibility index (Phi) is 3.61.